The van der Waals surface area contributed by atoms with Gasteiger partial charge in [-0.25, -0.2) is 8.42 Å². The molecular formula is C22H31Cl2N3O3S. The standard InChI is InChI=1S/C22H31Cl2N3O3S/c1-16(2)12-26(14-19-7-6-10-25(19)5)22(28)15-27(13-17(3)4)31(29,30)21-11-18(23)8-9-20(21)24/h6-11,16-17H,12-15H2,1-5H3. The molecule has 31 heavy (non-hydrogen) atoms. The van der Waals surface area contributed by atoms with Gasteiger partial charge in [0, 0.05) is 37.1 Å². The molecule has 0 N–H and O–H groups in total. The van der Waals surface area contributed by atoms with E-state index in [1.165, 1.54) is 22.5 Å². The van der Waals surface area contributed by atoms with Gasteiger partial charge in [-0.3, -0.25) is 4.79 Å². The third-order valence-corrected chi connectivity index (χ3v) is 7.26. The largest absolute Gasteiger partial charge is 0.353 e. The summed E-state index contributed by atoms with van der Waals surface area (Å²) in [6.45, 7) is 8.73. The third-order valence-electron chi connectivity index (χ3n) is 4.73. The maximum absolute atomic E-state index is 13.4. The van der Waals surface area contributed by atoms with Crippen LogP contribution in [0.5, 0.6) is 0 Å². The van der Waals surface area contributed by atoms with E-state index in [4.69, 9.17) is 23.2 Å². The van der Waals surface area contributed by atoms with Gasteiger partial charge in [0.2, 0.25) is 15.9 Å². The van der Waals surface area contributed by atoms with Crippen molar-refractivity contribution < 1.29 is 13.2 Å². The first-order chi connectivity index (χ1) is 14.4. The minimum Gasteiger partial charge on any atom is -0.353 e. The molecule has 0 spiro atoms. The Bertz CT molecular complexity index is 1000. The van der Waals surface area contributed by atoms with Crippen molar-refractivity contribution in [1.29, 1.82) is 0 Å². The maximum Gasteiger partial charge on any atom is 0.245 e. The molecule has 0 saturated carbocycles. The van der Waals surface area contributed by atoms with Crippen LogP contribution >= 0.6 is 23.2 Å². The van der Waals surface area contributed by atoms with E-state index >= 15 is 0 Å². The summed E-state index contributed by atoms with van der Waals surface area (Å²) in [5.74, 6) is 0.00554. The molecule has 2 aromatic rings. The fourth-order valence-corrected chi connectivity index (χ4v) is 5.56. The van der Waals surface area contributed by atoms with Gasteiger partial charge in [0.05, 0.1) is 18.1 Å². The first-order valence-corrected chi connectivity index (χ1v) is 12.4. The second-order valence-electron chi connectivity index (χ2n) is 8.54. The van der Waals surface area contributed by atoms with Crippen molar-refractivity contribution in [1.82, 2.24) is 13.8 Å². The molecule has 0 aliphatic heterocycles. The Morgan fingerprint density at radius 1 is 1.06 bits per heavy atom. The number of sulfonamides is 1. The summed E-state index contributed by atoms with van der Waals surface area (Å²) >= 11 is 12.2. The Kier molecular flexibility index (Phi) is 9.01. The predicted octanol–water partition coefficient (Wildman–Crippen LogP) is 4.66. The number of aromatic nitrogens is 1. The van der Waals surface area contributed by atoms with E-state index in [1.807, 2.05) is 57.6 Å². The Morgan fingerprint density at radius 2 is 1.71 bits per heavy atom. The minimum absolute atomic E-state index is 0.0203. The predicted molar refractivity (Wildman–Crippen MR) is 126 cm³/mol. The summed E-state index contributed by atoms with van der Waals surface area (Å²) in [7, 11) is -2.09. The molecule has 1 amide bonds. The van der Waals surface area contributed by atoms with E-state index in [0.29, 0.717) is 13.1 Å². The smallest absolute Gasteiger partial charge is 0.245 e. The van der Waals surface area contributed by atoms with E-state index in [9.17, 15) is 13.2 Å². The molecule has 0 radical (unpaired) electrons. The first-order valence-electron chi connectivity index (χ1n) is 10.2. The fourth-order valence-electron chi connectivity index (χ4n) is 3.27. The first kappa shape index (κ1) is 25.7. The highest BCUT2D eigenvalue weighted by Gasteiger charge is 2.31. The Labute approximate surface area is 195 Å². The average Bonchev–Trinajstić information content (AvgIpc) is 3.06. The van der Waals surface area contributed by atoms with Crippen LogP contribution in [0.2, 0.25) is 10.0 Å². The van der Waals surface area contributed by atoms with Gasteiger partial charge in [0.1, 0.15) is 4.90 Å². The van der Waals surface area contributed by atoms with Crippen molar-refractivity contribution in [2.45, 2.75) is 39.1 Å². The second-order valence-corrected chi connectivity index (χ2v) is 11.3. The number of aryl methyl sites for hydroxylation is 1. The molecular weight excluding hydrogens is 457 g/mol. The minimum atomic E-state index is -4.01. The number of carbonyl (C=O) groups is 1. The number of nitrogens with zero attached hydrogens (tertiary/aromatic N) is 3. The Morgan fingerprint density at radius 3 is 2.26 bits per heavy atom. The zero-order chi connectivity index (χ0) is 23.3. The number of carbonyl (C=O) groups excluding carboxylic acids is 1. The summed E-state index contributed by atoms with van der Waals surface area (Å²) in [6, 6.07) is 8.18. The van der Waals surface area contributed by atoms with Crippen LogP contribution in [0.3, 0.4) is 0 Å². The number of rotatable bonds is 10. The van der Waals surface area contributed by atoms with Gasteiger partial charge >= 0.3 is 0 Å². The van der Waals surface area contributed by atoms with E-state index in [1.54, 1.807) is 4.90 Å². The monoisotopic (exact) mass is 487 g/mol. The number of hydrogen-bond acceptors (Lipinski definition) is 3. The van der Waals surface area contributed by atoms with Crippen LogP contribution in [0.1, 0.15) is 33.4 Å². The topological polar surface area (TPSA) is 62.6 Å². The molecule has 6 nitrogen and oxygen atoms in total. The highest BCUT2D eigenvalue weighted by atomic mass is 35.5. The van der Waals surface area contributed by atoms with Gasteiger partial charge in [-0.2, -0.15) is 4.31 Å². The molecule has 1 aromatic heterocycles. The summed E-state index contributed by atoms with van der Waals surface area (Å²) in [4.78, 5) is 14.9. The van der Waals surface area contributed by atoms with Crippen molar-refractivity contribution in [2.75, 3.05) is 19.6 Å². The van der Waals surface area contributed by atoms with Crippen LogP contribution in [-0.2, 0) is 28.4 Å². The molecule has 0 fully saturated rings. The molecule has 0 bridgehead atoms. The molecule has 2 rings (SSSR count). The molecule has 172 valence electrons. The Balaban J connectivity index is 2.35. The molecule has 0 aliphatic carbocycles. The fraction of sp³-hybridized carbons (Fsp3) is 0.500. The zero-order valence-corrected chi connectivity index (χ0v) is 21.0. The highest BCUT2D eigenvalue weighted by molar-refractivity contribution is 7.89. The van der Waals surface area contributed by atoms with Gasteiger partial charge in [-0.1, -0.05) is 50.9 Å². The molecule has 9 heteroatoms. The quantitative estimate of drug-likeness (QED) is 0.489. The number of halogens is 2. The van der Waals surface area contributed by atoms with Crippen molar-refractivity contribution >= 4 is 39.1 Å². The van der Waals surface area contributed by atoms with Crippen molar-refractivity contribution in [3.8, 4) is 0 Å². The average molecular weight is 488 g/mol. The summed E-state index contributed by atoms with van der Waals surface area (Å²) in [5.41, 5.74) is 0.977. The number of hydrogen-bond donors (Lipinski definition) is 0. The highest BCUT2D eigenvalue weighted by Crippen LogP contribution is 2.28. The van der Waals surface area contributed by atoms with Gasteiger partial charge < -0.3 is 9.47 Å². The summed E-state index contributed by atoms with van der Waals surface area (Å²) in [6.07, 6.45) is 1.92. The van der Waals surface area contributed by atoms with E-state index in [-0.39, 0.29) is 45.8 Å². The molecule has 0 unspecified atom stereocenters. The lowest BCUT2D eigenvalue weighted by molar-refractivity contribution is -0.132. The molecule has 0 saturated heterocycles. The molecule has 1 aromatic carbocycles. The van der Waals surface area contributed by atoms with E-state index in [2.05, 4.69) is 0 Å². The zero-order valence-electron chi connectivity index (χ0n) is 18.7. The van der Waals surface area contributed by atoms with Crippen molar-refractivity contribution in [2.24, 2.45) is 18.9 Å². The van der Waals surface area contributed by atoms with Crippen LogP contribution in [0.25, 0.3) is 0 Å². The molecule has 0 atom stereocenters. The van der Waals surface area contributed by atoms with Crippen LogP contribution in [-0.4, -0.2) is 47.7 Å². The molecule has 0 aliphatic rings. The van der Waals surface area contributed by atoms with Gasteiger partial charge in [-0.05, 0) is 42.2 Å². The van der Waals surface area contributed by atoms with Gasteiger partial charge in [-0.15, -0.1) is 0 Å². The van der Waals surface area contributed by atoms with Crippen molar-refractivity contribution in [3.05, 3.63) is 52.3 Å². The van der Waals surface area contributed by atoms with E-state index in [0.717, 1.165) is 5.69 Å². The van der Waals surface area contributed by atoms with Crippen LogP contribution < -0.4 is 0 Å². The SMILES string of the molecule is CC(C)CN(Cc1cccn1C)C(=O)CN(CC(C)C)S(=O)(=O)c1cc(Cl)ccc1Cl. The maximum atomic E-state index is 13.4. The van der Waals surface area contributed by atoms with Gasteiger partial charge in [0.15, 0.2) is 0 Å². The number of amides is 1. The summed E-state index contributed by atoms with van der Waals surface area (Å²) < 4.78 is 30.0. The van der Waals surface area contributed by atoms with Crippen LogP contribution in [0.15, 0.2) is 41.4 Å². The Hall–Kier alpha value is -1.54. The normalized spacial score (nSPS) is 12.2. The van der Waals surface area contributed by atoms with Crippen LogP contribution in [0, 0.1) is 11.8 Å². The summed E-state index contributed by atoms with van der Waals surface area (Å²) in [5, 5.41) is 0.345. The lowest BCUT2D eigenvalue weighted by Crippen LogP contribution is -2.45. The second kappa shape index (κ2) is 10.9. The lowest BCUT2D eigenvalue weighted by atomic mass is 10.2. The van der Waals surface area contributed by atoms with Gasteiger partial charge in [0.25, 0.3) is 0 Å². The molecule has 1 heterocycles. The van der Waals surface area contributed by atoms with Crippen molar-refractivity contribution in [3.63, 3.8) is 0 Å². The third kappa shape index (κ3) is 6.97. The van der Waals surface area contributed by atoms with Crippen LogP contribution in [0.4, 0.5) is 0 Å². The lowest BCUT2D eigenvalue weighted by Gasteiger charge is -2.29. The van der Waals surface area contributed by atoms with E-state index < -0.39 is 10.0 Å². The number of benzene rings is 1.